The van der Waals surface area contributed by atoms with E-state index in [0.717, 1.165) is 4.90 Å². The van der Waals surface area contributed by atoms with Crippen LogP contribution in [0.4, 0.5) is 0 Å². The Balaban J connectivity index is 1.52. The fourth-order valence-electron chi connectivity index (χ4n) is 4.14. The number of ether oxygens (including phenoxy) is 1. The SMILES string of the molecule is C[C@H](OC(=O)[C@@H](Cc1ccccc1)N1C(=O)c2ccccc2C1=O)C(=O)N[C@@H]1CCS(=O)(=O)C1. The minimum absolute atomic E-state index is 0.00892. The summed E-state index contributed by atoms with van der Waals surface area (Å²) in [7, 11) is -3.19. The minimum Gasteiger partial charge on any atom is -0.451 e. The second-order valence-electron chi connectivity index (χ2n) is 8.42. The highest BCUT2D eigenvalue weighted by atomic mass is 32.2. The van der Waals surface area contributed by atoms with Gasteiger partial charge in [-0.25, -0.2) is 13.2 Å². The molecule has 1 N–H and O–H groups in total. The van der Waals surface area contributed by atoms with Crippen molar-refractivity contribution in [3.63, 3.8) is 0 Å². The number of nitrogens with one attached hydrogen (secondary N) is 1. The van der Waals surface area contributed by atoms with Crippen LogP contribution in [-0.4, -0.2) is 66.7 Å². The summed E-state index contributed by atoms with van der Waals surface area (Å²) in [6.45, 7) is 1.36. The molecule has 9 nitrogen and oxygen atoms in total. The average molecular weight is 485 g/mol. The van der Waals surface area contributed by atoms with E-state index in [1.54, 1.807) is 42.5 Å². The first-order chi connectivity index (χ1) is 16.2. The molecular formula is C24H24N2O7S. The van der Waals surface area contributed by atoms with Crippen LogP contribution in [0.25, 0.3) is 0 Å². The maximum absolute atomic E-state index is 13.2. The molecule has 0 radical (unpaired) electrons. The first-order valence-corrected chi connectivity index (χ1v) is 12.7. The molecule has 1 fully saturated rings. The van der Waals surface area contributed by atoms with Gasteiger partial charge in [0.15, 0.2) is 15.9 Å². The molecule has 0 aromatic heterocycles. The van der Waals surface area contributed by atoms with Crippen molar-refractivity contribution in [3.8, 4) is 0 Å². The summed E-state index contributed by atoms with van der Waals surface area (Å²) in [5.41, 5.74) is 1.10. The molecule has 0 saturated carbocycles. The molecule has 2 aromatic carbocycles. The van der Waals surface area contributed by atoms with Gasteiger partial charge in [0.1, 0.15) is 6.04 Å². The molecule has 0 unspecified atom stereocenters. The summed E-state index contributed by atoms with van der Waals surface area (Å²) < 4.78 is 28.6. The topological polar surface area (TPSA) is 127 Å². The standard InChI is InChI=1S/C24H24N2O7S/c1-15(21(27)25-17-11-12-34(31,32)14-17)33-24(30)20(13-16-7-3-2-4-8-16)26-22(28)18-9-5-6-10-19(18)23(26)29/h2-10,15,17,20H,11-14H2,1H3,(H,25,27)/t15-,17+,20+/m0/s1. The smallest absolute Gasteiger partial charge is 0.330 e. The third kappa shape index (κ3) is 4.86. The van der Waals surface area contributed by atoms with Crippen molar-refractivity contribution in [2.75, 3.05) is 11.5 Å². The van der Waals surface area contributed by atoms with Gasteiger partial charge in [-0.05, 0) is 31.0 Å². The highest BCUT2D eigenvalue weighted by Crippen LogP contribution is 2.26. The van der Waals surface area contributed by atoms with Crippen LogP contribution in [0, 0.1) is 0 Å². The second kappa shape index (κ2) is 9.38. The van der Waals surface area contributed by atoms with E-state index in [1.165, 1.54) is 19.1 Å². The zero-order valence-electron chi connectivity index (χ0n) is 18.5. The molecule has 2 heterocycles. The molecule has 2 aromatic rings. The Labute approximate surface area is 197 Å². The predicted molar refractivity (Wildman–Crippen MR) is 122 cm³/mol. The van der Waals surface area contributed by atoms with Crippen LogP contribution in [0.1, 0.15) is 39.6 Å². The van der Waals surface area contributed by atoms with Gasteiger partial charge in [-0.2, -0.15) is 0 Å². The monoisotopic (exact) mass is 484 g/mol. The van der Waals surface area contributed by atoms with Crippen molar-refractivity contribution in [2.45, 2.75) is 38.0 Å². The molecule has 34 heavy (non-hydrogen) atoms. The first-order valence-electron chi connectivity index (χ1n) is 10.9. The van der Waals surface area contributed by atoms with Crippen LogP contribution in [0.3, 0.4) is 0 Å². The second-order valence-corrected chi connectivity index (χ2v) is 10.6. The molecule has 0 bridgehead atoms. The molecule has 0 spiro atoms. The minimum atomic E-state index is -3.19. The van der Waals surface area contributed by atoms with Gasteiger partial charge in [-0.15, -0.1) is 0 Å². The molecule has 4 rings (SSSR count). The van der Waals surface area contributed by atoms with Crippen LogP contribution in [0.2, 0.25) is 0 Å². The zero-order chi connectivity index (χ0) is 24.5. The van der Waals surface area contributed by atoms with Crippen molar-refractivity contribution in [2.24, 2.45) is 0 Å². The molecule has 1 saturated heterocycles. The van der Waals surface area contributed by atoms with Crippen molar-refractivity contribution >= 4 is 33.5 Å². The van der Waals surface area contributed by atoms with Crippen LogP contribution in [-0.2, 0) is 30.6 Å². The van der Waals surface area contributed by atoms with Gasteiger partial charge >= 0.3 is 5.97 Å². The van der Waals surface area contributed by atoms with Crippen LogP contribution in [0.15, 0.2) is 54.6 Å². The summed E-state index contributed by atoms with van der Waals surface area (Å²) >= 11 is 0. The number of amides is 3. The Kier molecular flexibility index (Phi) is 6.52. The van der Waals surface area contributed by atoms with Crippen LogP contribution in [0.5, 0.6) is 0 Å². The number of fused-ring (bicyclic) bond motifs is 1. The van der Waals surface area contributed by atoms with Gasteiger partial charge < -0.3 is 10.1 Å². The number of carbonyl (C=O) groups excluding carboxylic acids is 4. The lowest BCUT2D eigenvalue weighted by atomic mass is 10.0. The van der Waals surface area contributed by atoms with Crippen molar-refractivity contribution in [1.82, 2.24) is 10.2 Å². The number of carbonyl (C=O) groups is 4. The summed E-state index contributed by atoms with van der Waals surface area (Å²) in [6.07, 6.45) is -0.940. The Bertz CT molecular complexity index is 1210. The highest BCUT2D eigenvalue weighted by Gasteiger charge is 2.44. The van der Waals surface area contributed by atoms with Gasteiger partial charge in [-0.1, -0.05) is 42.5 Å². The van der Waals surface area contributed by atoms with E-state index in [1.807, 2.05) is 0 Å². The van der Waals surface area contributed by atoms with E-state index in [-0.39, 0.29) is 29.1 Å². The zero-order valence-corrected chi connectivity index (χ0v) is 19.3. The van der Waals surface area contributed by atoms with Crippen LogP contribution >= 0.6 is 0 Å². The fraction of sp³-hybridized carbons (Fsp3) is 0.333. The van der Waals surface area contributed by atoms with Crippen molar-refractivity contribution < 1.29 is 32.3 Å². The lowest BCUT2D eigenvalue weighted by Crippen LogP contribution is -2.49. The number of imide groups is 1. The lowest BCUT2D eigenvalue weighted by molar-refractivity contribution is -0.158. The Morgan fingerprint density at radius 3 is 2.18 bits per heavy atom. The molecular weight excluding hydrogens is 460 g/mol. The Hall–Kier alpha value is -3.53. The largest absolute Gasteiger partial charge is 0.451 e. The number of sulfone groups is 1. The molecule has 3 atom stereocenters. The van der Waals surface area contributed by atoms with E-state index in [9.17, 15) is 27.6 Å². The number of esters is 1. The first kappa shape index (κ1) is 23.6. The summed E-state index contributed by atoms with van der Waals surface area (Å²) in [4.78, 5) is 52.6. The van der Waals surface area contributed by atoms with Gasteiger partial charge in [0.05, 0.1) is 22.6 Å². The maximum atomic E-state index is 13.2. The summed E-state index contributed by atoms with van der Waals surface area (Å²) in [6, 6.07) is 13.3. The average Bonchev–Trinajstić information content (AvgIpc) is 3.28. The van der Waals surface area contributed by atoms with E-state index < -0.39 is 51.7 Å². The Morgan fingerprint density at radius 1 is 1.03 bits per heavy atom. The third-order valence-corrected chi connectivity index (χ3v) is 7.69. The lowest BCUT2D eigenvalue weighted by Gasteiger charge is -2.26. The number of benzene rings is 2. The van der Waals surface area contributed by atoms with E-state index >= 15 is 0 Å². The van der Waals surface area contributed by atoms with E-state index in [4.69, 9.17) is 4.74 Å². The summed E-state index contributed by atoms with van der Waals surface area (Å²) in [5.74, 6) is -2.93. The molecule has 3 amide bonds. The number of rotatable bonds is 7. The maximum Gasteiger partial charge on any atom is 0.330 e. The van der Waals surface area contributed by atoms with Crippen molar-refractivity contribution in [3.05, 3.63) is 71.3 Å². The molecule has 2 aliphatic rings. The quantitative estimate of drug-likeness (QED) is 0.461. The van der Waals surface area contributed by atoms with Gasteiger partial charge in [0.25, 0.3) is 17.7 Å². The molecule has 2 aliphatic heterocycles. The number of nitrogens with zero attached hydrogens (tertiary/aromatic N) is 1. The fourth-order valence-corrected chi connectivity index (χ4v) is 5.82. The Morgan fingerprint density at radius 2 is 1.62 bits per heavy atom. The van der Waals surface area contributed by atoms with E-state index in [2.05, 4.69) is 5.32 Å². The van der Waals surface area contributed by atoms with Gasteiger partial charge in [0.2, 0.25) is 0 Å². The van der Waals surface area contributed by atoms with Gasteiger partial charge in [-0.3, -0.25) is 19.3 Å². The predicted octanol–water partition coefficient (Wildman–Crippen LogP) is 1.13. The normalized spacial score (nSPS) is 20.5. The van der Waals surface area contributed by atoms with Crippen LogP contribution < -0.4 is 5.32 Å². The molecule has 10 heteroatoms. The number of hydrogen-bond acceptors (Lipinski definition) is 7. The van der Waals surface area contributed by atoms with Gasteiger partial charge in [0, 0.05) is 12.5 Å². The molecule has 178 valence electrons. The summed E-state index contributed by atoms with van der Waals surface area (Å²) in [5, 5.41) is 2.59. The van der Waals surface area contributed by atoms with Crippen molar-refractivity contribution in [1.29, 1.82) is 0 Å². The highest BCUT2D eigenvalue weighted by molar-refractivity contribution is 7.91. The molecule has 0 aliphatic carbocycles. The van der Waals surface area contributed by atoms with E-state index in [0.29, 0.717) is 12.0 Å². The number of hydrogen-bond donors (Lipinski definition) is 1. The third-order valence-electron chi connectivity index (χ3n) is 5.92.